The quantitative estimate of drug-likeness (QED) is 0.218. The largest absolute Gasteiger partial charge is 0.508 e. The molecule has 0 bridgehead atoms. The topological polar surface area (TPSA) is 134 Å². The lowest BCUT2D eigenvalue weighted by Crippen LogP contribution is -2.47. The SMILES string of the molecule is COC(=O)O[C@H](C(=O)N1CCC[C@H]1c1ncc(-c2ccc(-c3ccc(-c4cnc([C@@H]5CCCN5)[nH]4)cc3)cc2)[nH]1)[C@@H](C)OC. The number of ether oxygens (including phenoxy) is 3. The average Bonchev–Trinajstić information content (AvgIpc) is 3.89. The number of imidazole rings is 2. The van der Waals surface area contributed by atoms with Gasteiger partial charge in [0.25, 0.3) is 5.91 Å². The molecule has 11 heteroatoms. The van der Waals surface area contributed by atoms with Gasteiger partial charge in [-0.25, -0.2) is 14.8 Å². The van der Waals surface area contributed by atoms with Crippen LogP contribution in [-0.2, 0) is 19.0 Å². The van der Waals surface area contributed by atoms with E-state index >= 15 is 0 Å². The standard InChI is InChI=1S/C33H38N6O5/c1-20(42-2)29(44-33(41)43-3)32(40)39-17-5-7-28(39)31-36-19-27(38-31)24-14-10-22(11-15-24)21-8-12-23(13-9-21)26-18-35-30(37-26)25-6-4-16-34-25/h8-15,18-20,25,28-29,34H,4-7,16-17H2,1-3H3,(H,35,37)(H,36,38)/t20-,25+,28+,29+/m1/s1. The number of aromatic amines is 2. The fourth-order valence-electron chi connectivity index (χ4n) is 6.02. The van der Waals surface area contributed by atoms with Crippen LogP contribution in [0.1, 0.15) is 56.3 Å². The first-order valence-electron chi connectivity index (χ1n) is 15.1. The smallest absolute Gasteiger partial charge is 0.438 e. The van der Waals surface area contributed by atoms with Crippen molar-refractivity contribution in [3.8, 4) is 33.6 Å². The maximum absolute atomic E-state index is 13.5. The number of hydrogen-bond acceptors (Lipinski definition) is 8. The van der Waals surface area contributed by atoms with E-state index in [1.807, 2.05) is 6.20 Å². The Balaban J connectivity index is 1.13. The van der Waals surface area contributed by atoms with Crippen molar-refractivity contribution in [2.24, 2.45) is 0 Å². The van der Waals surface area contributed by atoms with E-state index in [0.29, 0.717) is 18.4 Å². The number of H-pyrrole nitrogens is 2. The number of rotatable bonds is 9. The Morgan fingerprint density at radius 1 is 0.841 bits per heavy atom. The predicted octanol–water partition coefficient (Wildman–Crippen LogP) is 5.41. The summed E-state index contributed by atoms with van der Waals surface area (Å²) in [6.07, 6.45) is 4.88. The van der Waals surface area contributed by atoms with Crippen molar-refractivity contribution >= 4 is 12.1 Å². The molecule has 3 N–H and O–H groups in total. The Hall–Kier alpha value is -4.48. The summed E-state index contributed by atoms with van der Waals surface area (Å²) in [4.78, 5) is 43.1. The highest BCUT2D eigenvalue weighted by Crippen LogP contribution is 2.34. The zero-order chi connectivity index (χ0) is 30.6. The number of hydrogen-bond donors (Lipinski definition) is 3. The molecular weight excluding hydrogens is 560 g/mol. The van der Waals surface area contributed by atoms with Crippen LogP contribution in [-0.4, -0.2) is 76.4 Å². The second kappa shape index (κ2) is 13.0. The van der Waals surface area contributed by atoms with Gasteiger partial charge in [-0.05, 0) is 61.4 Å². The monoisotopic (exact) mass is 598 g/mol. The number of benzene rings is 2. The van der Waals surface area contributed by atoms with Crippen LogP contribution >= 0.6 is 0 Å². The van der Waals surface area contributed by atoms with Gasteiger partial charge >= 0.3 is 6.16 Å². The molecule has 2 saturated heterocycles. The van der Waals surface area contributed by atoms with E-state index in [9.17, 15) is 9.59 Å². The van der Waals surface area contributed by atoms with Crippen LogP contribution in [0.4, 0.5) is 4.79 Å². The van der Waals surface area contributed by atoms with Crippen LogP contribution in [0.15, 0.2) is 60.9 Å². The molecule has 11 nitrogen and oxygen atoms in total. The Labute approximate surface area is 256 Å². The van der Waals surface area contributed by atoms with Crippen LogP contribution < -0.4 is 5.32 Å². The van der Waals surface area contributed by atoms with Crippen molar-refractivity contribution < 1.29 is 23.8 Å². The van der Waals surface area contributed by atoms with E-state index in [-0.39, 0.29) is 11.9 Å². The lowest BCUT2D eigenvalue weighted by atomic mass is 10.0. The highest BCUT2D eigenvalue weighted by molar-refractivity contribution is 5.84. The first-order chi connectivity index (χ1) is 21.4. The molecule has 0 unspecified atom stereocenters. The van der Waals surface area contributed by atoms with E-state index in [1.165, 1.54) is 20.6 Å². The van der Waals surface area contributed by atoms with Gasteiger partial charge in [0.2, 0.25) is 6.10 Å². The summed E-state index contributed by atoms with van der Waals surface area (Å²) in [5.41, 5.74) is 6.21. The van der Waals surface area contributed by atoms with Crippen molar-refractivity contribution in [2.75, 3.05) is 27.3 Å². The van der Waals surface area contributed by atoms with Crippen molar-refractivity contribution in [1.29, 1.82) is 0 Å². The van der Waals surface area contributed by atoms with Gasteiger partial charge in [0, 0.05) is 13.7 Å². The summed E-state index contributed by atoms with van der Waals surface area (Å²) in [5.74, 6) is 1.36. The third-order valence-corrected chi connectivity index (χ3v) is 8.59. The molecular formula is C33H38N6O5. The Morgan fingerprint density at radius 2 is 1.43 bits per heavy atom. The summed E-state index contributed by atoms with van der Waals surface area (Å²) in [6, 6.07) is 16.9. The van der Waals surface area contributed by atoms with Crippen molar-refractivity contribution in [3.63, 3.8) is 0 Å². The first kappa shape index (κ1) is 29.6. The molecule has 2 aromatic heterocycles. The van der Waals surface area contributed by atoms with Crippen molar-refractivity contribution in [1.82, 2.24) is 30.2 Å². The van der Waals surface area contributed by atoms with E-state index in [2.05, 4.69) is 78.5 Å². The minimum absolute atomic E-state index is 0.262. The number of nitrogens with one attached hydrogen (secondary N) is 3. The molecule has 0 spiro atoms. The molecule has 4 atom stereocenters. The number of amides is 1. The number of nitrogens with zero attached hydrogens (tertiary/aromatic N) is 3. The average molecular weight is 599 g/mol. The molecule has 1 amide bonds. The fraction of sp³-hybridized carbons (Fsp3) is 0.394. The van der Waals surface area contributed by atoms with Gasteiger partial charge in [-0.2, -0.15) is 0 Å². The maximum atomic E-state index is 13.5. The molecule has 2 fully saturated rings. The number of methoxy groups -OCH3 is 2. The van der Waals surface area contributed by atoms with Crippen LogP contribution in [0.5, 0.6) is 0 Å². The predicted molar refractivity (Wildman–Crippen MR) is 164 cm³/mol. The molecule has 0 saturated carbocycles. The van der Waals surface area contributed by atoms with Gasteiger partial charge < -0.3 is 34.4 Å². The van der Waals surface area contributed by atoms with E-state index < -0.39 is 18.4 Å². The molecule has 44 heavy (non-hydrogen) atoms. The van der Waals surface area contributed by atoms with Gasteiger partial charge in [0.1, 0.15) is 17.8 Å². The summed E-state index contributed by atoms with van der Waals surface area (Å²) in [6.45, 7) is 3.26. The van der Waals surface area contributed by atoms with Crippen molar-refractivity contribution in [2.45, 2.75) is 56.9 Å². The molecule has 0 aliphatic carbocycles. The molecule has 0 radical (unpaired) electrons. The molecule has 4 aromatic rings. The van der Waals surface area contributed by atoms with Crippen LogP contribution in [0.25, 0.3) is 33.6 Å². The van der Waals surface area contributed by atoms with Gasteiger partial charge in [-0.15, -0.1) is 0 Å². The Morgan fingerprint density at radius 3 is 2.00 bits per heavy atom. The third kappa shape index (κ3) is 6.11. The first-order valence-corrected chi connectivity index (χ1v) is 15.1. The van der Waals surface area contributed by atoms with E-state index in [4.69, 9.17) is 9.47 Å². The zero-order valence-electron chi connectivity index (χ0n) is 25.2. The van der Waals surface area contributed by atoms with Crippen LogP contribution in [0.2, 0.25) is 0 Å². The highest BCUT2D eigenvalue weighted by atomic mass is 16.7. The molecule has 2 aromatic carbocycles. The Bertz CT molecular complexity index is 1570. The highest BCUT2D eigenvalue weighted by Gasteiger charge is 2.40. The maximum Gasteiger partial charge on any atom is 0.508 e. The Kier molecular flexibility index (Phi) is 8.76. The van der Waals surface area contributed by atoms with Crippen LogP contribution in [0, 0.1) is 0 Å². The molecule has 230 valence electrons. The summed E-state index contributed by atoms with van der Waals surface area (Å²) in [7, 11) is 2.68. The molecule has 4 heterocycles. The van der Waals surface area contributed by atoms with E-state index in [0.717, 1.165) is 65.3 Å². The molecule has 6 rings (SSSR count). The summed E-state index contributed by atoms with van der Waals surface area (Å²) >= 11 is 0. The fourth-order valence-corrected chi connectivity index (χ4v) is 6.02. The van der Waals surface area contributed by atoms with Gasteiger partial charge in [0.15, 0.2) is 0 Å². The lowest BCUT2D eigenvalue weighted by molar-refractivity contribution is -0.150. The van der Waals surface area contributed by atoms with Crippen LogP contribution in [0.3, 0.4) is 0 Å². The normalized spacial score (nSPS) is 19.6. The van der Waals surface area contributed by atoms with E-state index in [1.54, 1.807) is 18.0 Å². The third-order valence-electron chi connectivity index (χ3n) is 8.59. The number of carbonyl (C=O) groups is 2. The summed E-state index contributed by atoms with van der Waals surface area (Å²) in [5, 5.41) is 3.48. The van der Waals surface area contributed by atoms with Gasteiger partial charge in [-0.1, -0.05) is 48.5 Å². The summed E-state index contributed by atoms with van der Waals surface area (Å²) < 4.78 is 15.2. The number of likely N-dealkylation sites (tertiary alicyclic amines) is 1. The van der Waals surface area contributed by atoms with Gasteiger partial charge in [0.05, 0.1) is 43.0 Å². The number of carbonyl (C=O) groups excluding carboxylic acids is 2. The lowest BCUT2D eigenvalue weighted by Gasteiger charge is -2.29. The molecule has 2 aliphatic rings. The second-order valence-electron chi connectivity index (χ2n) is 11.3. The number of aromatic nitrogens is 4. The molecule has 2 aliphatic heterocycles. The van der Waals surface area contributed by atoms with Gasteiger partial charge in [-0.3, -0.25) is 4.79 Å². The second-order valence-corrected chi connectivity index (χ2v) is 11.3. The zero-order valence-corrected chi connectivity index (χ0v) is 25.2. The minimum Gasteiger partial charge on any atom is -0.438 e. The minimum atomic E-state index is -1.12. The van der Waals surface area contributed by atoms with Crippen molar-refractivity contribution in [3.05, 3.63) is 72.6 Å².